The quantitative estimate of drug-likeness (QED) is 0.475. The molecule has 1 aromatic carbocycles. The third-order valence-corrected chi connectivity index (χ3v) is 2.58. The molecule has 0 aliphatic carbocycles. The number of benzene rings is 1. The van der Waals surface area contributed by atoms with Crippen LogP contribution in [0.1, 0.15) is 5.56 Å². The number of nitrogen functional groups attached to an aromatic ring is 1. The number of hydrogen-bond donors (Lipinski definition) is 2. The fourth-order valence-electron chi connectivity index (χ4n) is 1.65. The Bertz CT molecular complexity index is 579. The fourth-order valence-corrected chi connectivity index (χ4v) is 1.65. The molecule has 0 radical (unpaired) electrons. The monoisotopic (exact) mass is 263 g/mol. The van der Waals surface area contributed by atoms with Gasteiger partial charge < -0.3 is 10.2 Å². The number of hydrazine groups is 1. The average molecular weight is 263 g/mol. The van der Waals surface area contributed by atoms with E-state index in [1.54, 1.807) is 7.11 Å². The van der Waals surface area contributed by atoms with Crippen LogP contribution in [0.5, 0.6) is 5.75 Å². The van der Waals surface area contributed by atoms with Crippen LogP contribution in [-0.2, 0) is 6.54 Å². The Morgan fingerprint density at radius 2 is 2.16 bits per heavy atom. The summed E-state index contributed by atoms with van der Waals surface area (Å²) in [5.74, 6) is 5.98. The lowest BCUT2D eigenvalue weighted by molar-refractivity contribution is -0.384. The molecule has 0 saturated heterocycles. The highest BCUT2D eigenvalue weighted by molar-refractivity contribution is 5.53. The molecular weight excluding hydrogens is 250 g/mol. The summed E-state index contributed by atoms with van der Waals surface area (Å²) in [6.45, 7) is 0.409. The summed E-state index contributed by atoms with van der Waals surface area (Å²) in [6.07, 6.45) is 1.33. The summed E-state index contributed by atoms with van der Waals surface area (Å²) in [5, 5.41) is 14.8. The molecule has 3 N–H and O–H groups in total. The molecule has 0 atom stereocenters. The first-order chi connectivity index (χ1) is 9.13. The van der Waals surface area contributed by atoms with E-state index in [-0.39, 0.29) is 11.5 Å². The number of nitrogens with one attached hydrogen (secondary N) is 1. The molecule has 8 nitrogen and oxygen atoms in total. The van der Waals surface area contributed by atoms with Crippen LogP contribution in [0.2, 0.25) is 0 Å². The van der Waals surface area contributed by atoms with E-state index < -0.39 is 4.92 Å². The van der Waals surface area contributed by atoms with Gasteiger partial charge in [-0.15, -0.1) is 5.10 Å². The van der Waals surface area contributed by atoms with Crippen molar-refractivity contribution in [3.05, 3.63) is 46.1 Å². The first-order valence-electron chi connectivity index (χ1n) is 5.45. The van der Waals surface area contributed by atoms with Gasteiger partial charge in [0.2, 0.25) is 5.82 Å². The van der Waals surface area contributed by atoms with E-state index in [2.05, 4.69) is 10.5 Å². The normalized spacial score (nSPS) is 10.2. The molecule has 0 fully saturated rings. The van der Waals surface area contributed by atoms with Gasteiger partial charge >= 0.3 is 5.69 Å². The molecule has 2 aromatic rings. The van der Waals surface area contributed by atoms with Crippen molar-refractivity contribution in [1.82, 2.24) is 9.78 Å². The molecule has 0 amide bonds. The van der Waals surface area contributed by atoms with Gasteiger partial charge in [-0.3, -0.25) is 14.8 Å². The fraction of sp³-hybridized carbons (Fsp3) is 0.182. The predicted molar refractivity (Wildman–Crippen MR) is 68.8 cm³/mol. The van der Waals surface area contributed by atoms with Crippen molar-refractivity contribution < 1.29 is 9.66 Å². The lowest BCUT2D eigenvalue weighted by Crippen LogP contribution is -2.09. The van der Waals surface area contributed by atoms with Crippen molar-refractivity contribution >= 4 is 11.5 Å². The molecule has 1 aromatic heterocycles. The lowest BCUT2D eigenvalue weighted by atomic mass is 10.2. The number of nitrogens with two attached hydrogens (primary N) is 1. The second kappa shape index (κ2) is 5.36. The van der Waals surface area contributed by atoms with Gasteiger partial charge in [-0.2, -0.15) is 0 Å². The van der Waals surface area contributed by atoms with E-state index in [0.29, 0.717) is 6.54 Å². The number of methoxy groups -OCH3 is 1. The summed E-state index contributed by atoms with van der Waals surface area (Å²) in [5.41, 5.74) is 3.00. The highest BCUT2D eigenvalue weighted by atomic mass is 16.6. The van der Waals surface area contributed by atoms with Crippen molar-refractivity contribution in [2.45, 2.75) is 6.54 Å². The first kappa shape index (κ1) is 12.8. The zero-order valence-electron chi connectivity index (χ0n) is 10.2. The van der Waals surface area contributed by atoms with E-state index in [1.165, 1.54) is 10.9 Å². The molecule has 2 rings (SSSR count). The Balaban J connectivity index is 2.20. The van der Waals surface area contributed by atoms with Gasteiger partial charge in [-0.25, -0.2) is 5.84 Å². The SMILES string of the molecule is COc1ccc(Cn2cc([N+](=O)[O-])c(NN)n2)cc1. The molecule has 8 heteroatoms. The Kier molecular flexibility index (Phi) is 3.62. The summed E-state index contributed by atoms with van der Waals surface area (Å²) in [4.78, 5) is 10.2. The van der Waals surface area contributed by atoms with Crippen molar-refractivity contribution in [3.8, 4) is 5.75 Å². The van der Waals surface area contributed by atoms with Crippen molar-refractivity contribution in [3.63, 3.8) is 0 Å². The van der Waals surface area contributed by atoms with Gasteiger partial charge in [0.15, 0.2) is 0 Å². The molecule has 0 spiro atoms. The van der Waals surface area contributed by atoms with Crippen molar-refractivity contribution in [2.24, 2.45) is 5.84 Å². The highest BCUT2D eigenvalue weighted by Crippen LogP contribution is 2.21. The molecule has 19 heavy (non-hydrogen) atoms. The van der Waals surface area contributed by atoms with E-state index in [1.807, 2.05) is 24.3 Å². The molecule has 0 aliphatic rings. The van der Waals surface area contributed by atoms with Gasteiger partial charge in [0.25, 0.3) is 0 Å². The van der Waals surface area contributed by atoms with E-state index in [4.69, 9.17) is 10.6 Å². The van der Waals surface area contributed by atoms with Gasteiger partial charge in [-0.05, 0) is 17.7 Å². The minimum atomic E-state index is -0.535. The predicted octanol–water partition coefficient (Wildman–Crippen LogP) is 1.13. The summed E-state index contributed by atoms with van der Waals surface area (Å²) >= 11 is 0. The number of nitro groups is 1. The summed E-state index contributed by atoms with van der Waals surface area (Å²) in [7, 11) is 1.59. The Labute approximate surface area is 108 Å². The summed E-state index contributed by atoms with van der Waals surface area (Å²) < 4.78 is 6.51. The number of ether oxygens (including phenoxy) is 1. The van der Waals surface area contributed by atoms with Crippen LogP contribution >= 0.6 is 0 Å². The number of rotatable bonds is 5. The zero-order chi connectivity index (χ0) is 13.8. The standard InChI is InChI=1S/C11H13N5O3/c1-19-9-4-2-8(3-5-9)6-15-7-10(16(17)18)11(13-12)14-15/h2-5,7H,6,12H2,1H3,(H,13,14). The van der Waals surface area contributed by atoms with Gasteiger partial charge in [0, 0.05) is 0 Å². The molecule has 0 aliphatic heterocycles. The maximum Gasteiger partial charge on any atom is 0.332 e. The van der Waals surface area contributed by atoms with Crippen LogP contribution < -0.4 is 16.0 Å². The molecule has 0 unspecified atom stereocenters. The Hall–Kier alpha value is -2.61. The smallest absolute Gasteiger partial charge is 0.332 e. The second-order valence-electron chi connectivity index (χ2n) is 3.81. The highest BCUT2D eigenvalue weighted by Gasteiger charge is 2.18. The van der Waals surface area contributed by atoms with E-state index in [0.717, 1.165) is 11.3 Å². The molecular formula is C11H13N5O3. The number of hydrogen-bond acceptors (Lipinski definition) is 6. The van der Waals surface area contributed by atoms with Crippen LogP contribution in [-0.4, -0.2) is 21.8 Å². The first-order valence-corrected chi connectivity index (χ1v) is 5.45. The number of nitrogens with zero attached hydrogens (tertiary/aromatic N) is 3. The largest absolute Gasteiger partial charge is 0.497 e. The zero-order valence-corrected chi connectivity index (χ0v) is 10.2. The van der Waals surface area contributed by atoms with Gasteiger partial charge in [0.05, 0.1) is 18.6 Å². The lowest BCUT2D eigenvalue weighted by Gasteiger charge is -2.03. The van der Waals surface area contributed by atoms with Crippen LogP contribution in [0.25, 0.3) is 0 Å². The third kappa shape index (κ3) is 2.80. The van der Waals surface area contributed by atoms with Crippen LogP contribution in [0.4, 0.5) is 11.5 Å². The minimum Gasteiger partial charge on any atom is -0.497 e. The van der Waals surface area contributed by atoms with Gasteiger partial charge in [-0.1, -0.05) is 12.1 Å². The van der Waals surface area contributed by atoms with Crippen LogP contribution in [0.15, 0.2) is 30.5 Å². The molecule has 0 saturated carbocycles. The Morgan fingerprint density at radius 3 is 2.63 bits per heavy atom. The van der Waals surface area contributed by atoms with Gasteiger partial charge in [0.1, 0.15) is 11.9 Å². The van der Waals surface area contributed by atoms with Crippen molar-refractivity contribution in [2.75, 3.05) is 12.5 Å². The van der Waals surface area contributed by atoms with E-state index in [9.17, 15) is 10.1 Å². The summed E-state index contributed by atoms with van der Waals surface area (Å²) in [6, 6.07) is 7.36. The molecule has 1 heterocycles. The second-order valence-corrected chi connectivity index (χ2v) is 3.81. The molecule has 0 bridgehead atoms. The number of anilines is 1. The molecule has 100 valence electrons. The average Bonchev–Trinajstić information content (AvgIpc) is 2.83. The number of aromatic nitrogens is 2. The van der Waals surface area contributed by atoms with E-state index >= 15 is 0 Å². The van der Waals surface area contributed by atoms with Crippen LogP contribution in [0, 0.1) is 10.1 Å². The topological polar surface area (TPSA) is 108 Å². The third-order valence-electron chi connectivity index (χ3n) is 2.58. The van der Waals surface area contributed by atoms with Crippen molar-refractivity contribution in [1.29, 1.82) is 0 Å². The Morgan fingerprint density at radius 1 is 1.47 bits per heavy atom. The van der Waals surface area contributed by atoms with Crippen LogP contribution in [0.3, 0.4) is 0 Å². The maximum absolute atomic E-state index is 10.8. The maximum atomic E-state index is 10.8. The minimum absolute atomic E-state index is 0.0403.